The molecule has 2 rings (SSSR count). The SMILES string of the molecule is COCCN(CCOC)C(=O)c1sc2nnc(C)n2c1C. The zero-order chi connectivity index (χ0) is 15.4. The van der Waals surface area contributed by atoms with Crippen molar-refractivity contribution in [2.75, 3.05) is 40.5 Å². The summed E-state index contributed by atoms with van der Waals surface area (Å²) in [5.74, 6) is 0.773. The van der Waals surface area contributed by atoms with E-state index in [1.165, 1.54) is 11.3 Å². The quantitative estimate of drug-likeness (QED) is 0.767. The van der Waals surface area contributed by atoms with Crippen molar-refractivity contribution in [1.82, 2.24) is 19.5 Å². The summed E-state index contributed by atoms with van der Waals surface area (Å²) in [6.45, 7) is 5.86. The Hall–Kier alpha value is -1.51. The third kappa shape index (κ3) is 3.22. The fourth-order valence-electron chi connectivity index (χ4n) is 2.12. The minimum absolute atomic E-state index is 0.0171. The van der Waals surface area contributed by atoms with Gasteiger partial charge < -0.3 is 14.4 Å². The lowest BCUT2D eigenvalue weighted by Gasteiger charge is -2.21. The van der Waals surface area contributed by atoms with E-state index in [0.29, 0.717) is 31.2 Å². The Bertz CT molecular complexity index is 614. The number of rotatable bonds is 7. The molecule has 2 aromatic heterocycles. The van der Waals surface area contributed by atoms with Gasteiger partial charge in [0.2, 0.25) is 4.96 Å². The Morgan fingerprint density at radius 3 is 2.33 bits per heavy atom. The maximum atomic E-state index is 12.7. The minimum atomic E-state index is -0.0171. The summed E-state index contributed by atoms with van der Waals surface area (Å²) < 4.78 is 12.1. The van der Waals surface area contributed by atoms with Crippen LogP contribution >= 0.6 is 11.3 Å². The van der Waals surface area contributed by atoms with E-state index in [2.05, 4.69) is 10.2 Å². The average Bonchev–Trinajstić information content (AvgIpc) is 3.00. The highest BCUT2D eigenvalue weighted by atomic mass is 32.1. The van der Waals surface area contributed by atoms with E-state index in [9.17, 15) is 4.79 Å². The van der Waals surface area contributed by atoms with Crippen LogP contribution in [0.3, 0.4) is 0 Å². The predicted octanol–water partition coefficient (Wildman–Crippen LogP) is 1.14. The first-order chi connectivity index (χ1) is 10.1. The normalized spacial score (nSPS) is 11.2. The minimum Gasteiger partial charge on any atom is -0.383 e. The van der Waals surface area contributed by atoms with Crippen LogP contribution in [0.15, 0.2) is 0 Å². The average molecular weight is 312 g/mol. The first-order valence-electron chi connectivity index (χ1n) is 6.68. The number of aromatic nitrogens is 3. The molecule has 7 nitrogen and oxygen atoms in total. The van der Waals surface area contributed by atoms with Crippen molar-refractivity contribution >= 4 is 22.2 Å². The van der Waals surface area contributed by atoms with E-state index < -0.39 is 0 Å². The van der Waals surface area contributed by atoms with Crippen LogP contribution in [0.2, 0.25) is 0 Å². The van der Waals surface area contributed by atoms with E-state index in [1.807, 2.05) is 18.2 Å². The number of carbonyl (C=O) groups is 1. The molecule has 2 heterocycles. The summed E-state index contributed by atoms with van der Waals surface area (Å²) in [5.41, 5.74) is 0.877. The number of thiazole rings is 1. The van der Waals surface area contributed by atoms with E-state index in [4.69, 9.17) is 9.47 Å². The standard InChI is InChI=1S/C13H20N4O3S/c1-9-11(21-13-15-14-10(2)17(9)13)12(18)16(5-7-19-3)6-8-20-4/h5-8H2,1-4H3. The molecule has 116 valence electrons. The van der Waals surface area contributed by atoms with Crippen molar-refractivity contribution in [1.29, 1.82) is 0 Å². The molecule has 0 N–H and O–H groups in total. The summed E-state index contributed by atoms with van der Waals surface area (Å²) in [4.78, 5) is 15.9. The number of amides is 1. The number of hydrogen-bond donors (Lipinski definition) is 0. The maximum absolute atomic E-state index is 12.7. The van der Waals surface area contributed by atoms with Gasteiger partial charge in [0.15, 0.2) is 0 Å². The van der Waals surface area contributed by atoms with Crippen LogP contribution in [0.1, 0.15) is 21.2 Å². The number of fused-ring (bicyclic) bond motifs is 1. The molecule has 8 heteroatoms. The van der Waals surface area contributed by atoms with Gasteiger partial charge in [-0.05, 0) is 13.8 Å². The van der Waals surface area contributed by atoms with E-state index in [1.54, 1.807) is 19.1 Å². The van der Waals surface area contributed by atoms with Gasteiger partial charge in [-0.15, -0.1) is 10.2 Å². The number of ether oxygens (including phenoxy) is 2. The molecule has 0 atom stereocenters. The molecule has 0 bridgehead atoms. The van der Waals surface area contributed by atoms with Gasteiger partial charge in [0, 0.05) is 33.0 Å². The van der Waals surface area contributed by atoms with E-state index in [0.717, 1.165) is 16.5 Å². The Labute approximate surface area is 127 Å². The van der Waals surface area contributed by atoms with Crippen molar-refractivity contribution in [2.45, 2.75) is 13.8 Å². The summed E-state index contributed by atoms with van der Waals surface area (Å²) in [6.07, 6.45) is 0. The Kier molecular flexibility index (Phi) is 5.27. The summed E-state index contributed by atoms with van der Waals surface area (Å²) in [7, 11) is 3.25. The van der Waals surface area contributed by atoms with E-state index >= 15 is 0 Å². The van der Waals surface area contributed by atoms with Crippen LogP contribution in [-0.4, -0.2) is 65.9 Å². The monoisotopic (exact) mass is 312 g/mol. The van der Waals surface area contributed by atoms with Crippen LogP contribution in [0, 0.1) is 13.8 Å². The molecule has 0 saturated heterocycles. The molecule has 0 saturated carbocycles. The topological polar surface area (TPSA) is 69.0 Å². The Balaban J connectivity index is 2.26. The van der Waals surface area contributed by atoms with Gasteiger partial charge in [-0.3, -0.25) is 9.20 Å². The molecule has 21 heavy (non-hydrogen) atoms. The fraction of sp³-hybridized carbons (Fsp3) is 0.615. The van der Waals surface area contributed by atoms with Crippen LogP contribution in [0.4, 0.5) is 0 Å². The van der Waals surface area contributed by atoms with Crippen molar-refractivity contribution < 1.29 is 14.3 Å². The van der Waals surface area contributed by atoms with Crippen molar-refractivity contribution in [3.05, 3.63) is 16.4 Å². The van der Waals surface area contributed by atoms with Gasteiger partial charge in [-0.1, -0.05) is 11.3 Å². The number of aryl methyl sites for hydroxylation is 2. The smallest absolute Gasteiger partial charge is 0.266 e. The summed E-state index contributed by atoms with van der Waals surface area (Å²) >= 11 is 1.36. The van der Waals surface area contributed by atoms with Gasteiger partial charge in [-0.2, -0.15) is 0 Å². The molecule has 0 aliphatic rings. The highest BCUT2D eigenvalue weighted by Crippen LogP contribution is 2.24. The third-order valence-electron chi connectivity index (χ3n) is 3.26. The second kappa shape index (κ2) is 6.97. The van der Waals surface area contributed by atoms with Crippen molar-refractivity contribution in [2.24, 2.45) is 0 Å². The molecule has 0 radical (unpaired) electrons. The number of hydrogen-bond acceptors (Lipinski definition) is 6. The molecule has 0 aliphatic heterocycles. The second-order valence-corrected chi connectivity index (χ2v) is 5.64. The molecular weight excluding hydrogens is 292 g/mol. The first-order valence-corrected chi connectivity index (χ1v) is 7.50. The molecule has 1 amide bonds. The molecule has 0 aromatic carbocycles. The largest absolute Gasteiger partial charge is 0.383 e. The third-order valence-corrected chi connectivity index (χ3v) is 4.39. The molecular formula is C13H20N4O3S. The summed E-state index contributed by atoms with van der Waals surface area (Å²) in [6, 6.07) is 0. The van der Waals surface area contributed by atoms with Gasteiger partial charge in [-0.25, -0.2) is 0 Å². The highest BCUT2D eigenvalue weighted by molar-refractivity contribution is 7.19. The Morgan fingerprint density at radius 1 is 1.19 bits per heavy atom. The van der Waals surface area contributed by atoms with Crippen molar-refractivity contribution in [3.8, 4) is 0 Å². The second-order valence-electron chi connectivity index (χ2n) is 4.66. The van der Waals surface area contributed by atoms with Crippen LogP contribution in [-0.2, 0) is 9.47 Å². The molecule has 0 unspecified atom stereocenters. The number of carbonyl (C=O) groups excluding carboxylic acids is 1. The van der Waals surface area contributed by atoms with Crippen LogP contribution in [0.25, 0.3) is 4.96 Å². The maximum Gasteiger partial charge on any atom is 0.266 e. The molecule has 2 aromatic rings. The molecule has 0 aliphatic carbocycles. The lowest BCUT2D eigenvalue weighted by Crippen LogP contribution is -2.36. The predicted molar refractivity (Wildman–Crippen MR) is 80.0 cm³/mol. The first kappa shape index (κ1) is 15.9. The zero-order valence-corrected chi connectivity index (χ0v) is 13.6. The van der Waals surface area contributed by atoms with Crippen LogP contribution in [0.5, 0.6) is 0 Å². The highest BCUT2D eigenvalue weighted by Gasteiger charge is 2.23. The van der Waals surface area contributed by atoms with Crippen LogP contribution < -0.4 is 0 Å². The number of methoxy groups -OCH3 is 2. The van der Waals surface area contributed by atoms with Crippen molar-refractivity contribution in [3.63, 3.8) is 0 Å². The summed E-state index contributed by atoms with van der Waals surface area (Å²) in [5, 5.41) is 8.10. The van der Waals surface area contributed by atoms with Gasteiger partial charge in [0.25, 0.3) is 5.91 Å². The lowest BCUT2D eigenvalue weighted by atomic mass is 10.3. The van der Waals surface area contributed by atoms with Gasteiger partial charge >= 0.3 is 0 Å². The van der Waals surface area contributed by atoms with Gasteiger partial charge in [0.05, 0.1) is 13.2 Å². The fourth-order valence-corrected chi connectivity index (χ4v) is 3.20. The van der Waals surface area contributed by atoms with E-state index in [-0.39, 0.29) is 5.91 Å². The lowest BCUT2D eigenvalue weighted by molar-refractivity contribution is 0.0631. The molecule has 0 fully saturated rings. The number of nitrogens with zero attached hydrogens (tertiary/aromatic N) is 4. The van der Waals surface area contributed by atoms with Gasteiger partial charge in [0.1, 0.15) is 10.7 Å². The Morgan fingerprint density at radius 2 is 1.81 bits per heavy atom. The molecule has 0 spiro atoms. The zero-order valence-electron chi connectivity index (χ0n) is 12.8.